The van der Waals surface area contributed by atoms with Gasteiger partial charge in [0.25, 0.3) is 0 Å². The van der Waals surface area contributed by atoms with E-state index in [1.165, 1.54) is 5.56 Å². The van der Waals surface area contributed by atoms with Crippen molar-refractivity contribution in [1.82, 2.24) is 19.6 Å². The molecule has 2 aromatic rings. The third-order valence-electron chi connectivity index (χ3n) is 4.67. The molecule has 0 bridgehead atoms. The van der Waals surface area contributed by atoms with Gasteiger partial charge in [-0.3, -0.25) is 14.4 Å². The Hall–Kier alpha value is -2.40. The number of hydrogen-bond acceptors (Lipinski definition) is 3. The van der Waals surface area contributed by atoms with E-state index in [9.17, 15) is 4.79 Å². The number of carbonyl (C=O) groups is 1. The van der Waals surface area contributed by atoms with Gasteiger partial charge in [0.2, 0.25) is 5.91 Å². The van der Waals surface area contributed by atoms with Gasteiger partial charge in [-0.1, -0.05) is 49.4 Å². The average Bonchev–Trinajstić information content (AvgIpc) is 3.18. The predicted molar refractivity (Wildman–Crippen MR) is 100 cm³/mol. The first-order valence-electron chi connectivity index (χ1n) is 9.00. The third kappa shape index (κ3) is 4.57. The lowest BCUT2D eigenvalue weighted by Gasteiger charge is -2.35. The van der Waals surface area contributed by atoms with Crippen LogP contribution in [-0.4, -0.2) is 58.2 Å². The SMILES string of the molecule is CC[C@H](C(=O)N1CCN(C/C=C/c2ccccc2)CC1)n1cccn1. The van der Waals surface area contributed by atoms with E-state index in [0.717, 1.165) is 39.1 Å². The van der Waals surface area contributed by atoms with Gasteiger partial charge in [0, 0.05) is 45.1 Å². The molecule has 5 nitrogen and oxygen atoms in total. The molecule has 1 amide bonds. The van der Waals surface area contributed by atoms with E-state index in [4.69, 9.17) is 0 Å². The Labute approximate surface area is 149 Å². The third-order valence-corrected chi connectivity index (χ3v) is 4.67. The maximum atomic E-state index is 12.8. The fourth-order valence-corrected chi connectivity index (χ4v) is 3.20. The van der Waals surface area contributed by atoms with Crippen molar-refractivity contribution >= 4 is 12.0 Å². The van der Waals surface area contributed by atoms with Gasteiger partial charge >= 0.3 is 0 Å². The van der Waals surface area contributed by atoms with Crippen LogP contribution < -0.4 is 0 Å². The summed E-state index contributed by atoms with van der Waals surface area (Å²) in [6, 6.07) is 12.0. The van der Waals surface area contributed by atoms with Gasteiger partial charge in [0.1, 0.15) is 6.04 Å². The number of piperazine rings is 1. The number of nitrogens with zero attached hydrogens (tertiary/aromatic N) is 4. The molecular weight excluding hydrogens is 312 g/mol. The van der Waals surface area contributed by atoms with Crippen LogP contribution in [0.5, 0.6) is 0 Å². The van der Waals surface area contributed by atoms with Crippen molar-refractivity contribution < 1.29 is 4.79 Å². The molecule has 0 saturated carbocycles. The number of rotatable bonds is 6. The summed E-state index contributed by atoms with van der Waals surface area (Å²) in [5.41, 5.74) is 1.22. The van der Waals surface area contributed by atoms with Gasteiger partial charge in [-0.25, -0.2) is 0 Å². The van der Waals surface area contributed by atoms with Crippen LogP contribution in [-0.2, 0) is 4.79 Å². The molecule has 0 N–H and O–H groups in total. The maximum Gasteiger partial charge on any atom is 0.247 e. The molecule has 0 unspecified atom stereocenters. The molecule has 1 atom stereocenters. The molecule has 0 spiro atoms. The second-order valence-corrected chi connectivity index (χ2v) is 6.35. The second-order valence-electron chi connectivity index (χ2n) is 6.35. The second kappa shape index (κ2) is 8.62. The molecule has 5 heteroatoms. The molecule has 25 heavy (non-hydrogen) atoms. The first-order valence-corrected chi connectivity index (χ1v) is 9.00. The first kappa shape index (κ1) is 17.4. The summed E-state index contributed by atoms with van der Waals surface area (Å²) in [6.07, 6.45) is 8.72. The normalized spacial score (nSPS) is 17.1. The van der Waals surface area contributed by atoms with Crippen LogP contribution in [0.3, 0.4) is 0 Å². The number of benzene rings is 1. The van der Waals surface area contributed by atoms with E-state index in [-0.39, 0.29) is 11.9 Å². The average molecular weight is 338 g/mol. The highest BCUT2D eigenvalue weighted by Gasteiger charge is 2.27. The minimum atomic E-state index is -0.181. The Bertz CT molecular complexity index is 673. The molecule has 0 radical (unpaired) electrons. The fourth-order valence-electron chi connectivity index (χ4n) is 3.20. The van der Waals surface area contributed by atoms with Gasteiger partial charge < -0.3 is 4.90 Å². The van der Waals surface area contributed by atoms with Crippen molar-refractivity contribution in [1.29, 1.82) is 0 Å². The van der Waals surface area contributed by atoms with E-state index in [0.29, 0.717) is 0 Å². The Kier molecular flexibility index (Phi) is 6.01. The van der Waals surface area contributed by atoms with Crippen molar-refractivity contribution in [2.24, 2.45) is 0 Å². The van der Waals surface area contributed by atoms with Crippen LogP contribution in [0.4, 0.5) is 0 Å². The van der Waals surface area contributed by atoms with Crippen LogP contribution in [0.1, 0.15) is 24.9 Å². The van der Waals surface area contributed by atoms with Gasteiger partial charge in [0.15, 0.2) is 0 Å². The summed E-state index contributed by atoms with van der Waals surface area (Å²) in [6.45, 7) is 6.37. The molecule has 1 saturated heterocycles. The minimum absolute atomic E-state index is 0.181. The standard InChI is InChI=1S/C20H26N4O/c1-2-19(24-13-7-11-21-24)20(25)23-16-14-22(15-17-23)12-6-10-18-8-4-3-5-9-18/h3-11,13,19H,2,12,14-17H2,1H3/b10-6+/t19-/m1/s1. The predicted octanol–water partition coefficient (Wildman–Crippen LogP) is 2.69. The van der Waals surface area contributed by atoms with E-state index in [1.807, 2.05) is 42.3 Å². The van der Waals surface area contributed by atoms with Crippen molar-refractivity contribution in [3.8, 4) is 0 Å². The minimum Gasteiger partial charge on any atom is -0.338 e. The number of hydrogen-bond donors (Lipinski definition) is 0. The number of aromatic nitrogens is 2. The summed E-state index contributed by atoms with van der Waals surface area (Å²) >= 11 is 0. The molecule has 1 aliphatic heterocycles. The molecular formula is C20H26N4O. The van der Waals surface area contributed by atoms with Crippen molar-refractivity contribution in [3.63, 3.8) is 0 Å². The van der Waals surface area contributed by atoms with Crippen LogP contribution in [0.15, 0.2) is 54.9 Å². The van der Waals surface area contributed by atoms with E-state index in [2.05, 4.69) is 34.3 Å². The summed E-state index contributed by atoms with van der Waals surface area (Å²) in [7, 11) is 0. The molecule has 2 heterocycles. The zero-order valence-corrected chi connectivity index (χ0v) is 14.8. The zero-order valence-electron chi connectivity index (χ0n) is 14.8. The largest absolute Gasteiger partial charge is 0.338 e. The molecule has 1 fully saturated rings. The van der Waals surface area contributed by atoms with E-state index >= 15 is 0 Å². The highest BCUT2D eigenvalue weighted by molar-refractivity contribution is 5.80. The van der Waals surface area contributed by atoms with Gasteiger partial charge in [-0.05, 0) is 18.1 Å². The van der Waals surface area contributed by atoms with Crippen LogP contribution in [0.25, 0.3) is 6.08 Å². The number of amides is 1. The lowest BCUT2D eigenvalue weighted by atomic mass is 10.1. The lowest BCUT2D eigenvalue weighted by Crippen LogP contribution is -2.50. The van der Waals surface area contributed by atoms with Crippen molar-refractivity contribution in [2.45, 2.75) is 19.4 Å². The van der Waals surface area contributed by atoms with Crippen LogP contribution in [0.2, 0.25) is 0 Å². The molecule has 1 aromatic heterocycles. The van der Waals surface area contributed by atoms with Gasteiger partial charge in [-0.15, -0.1) is 0 Å². The maximum absolute atomic E-state index is 12.8. The summed E-state index contributed by atoms with van der Waals surface area (Å²) < 4.78 is 1.78. The Morgan fingerprint density at radius 1 is 1.16 bits per heavy atom. The van der Waals surface area contributed by atoms with Gasteiger partial charge in [-0.2, -0.15) is 5.10 Å². The summed E-state index contributed by atoms with van der Waals surface area (Å²) in [5, 5.41) is 4.24. The molecule has 132 valence electrons. The van der Waals surface area contributed by atoms with Crippen LogP contribution >= 0.6 is 0 Å². The van der Waals surface area contributed by atoms with Gasteiger partial charge in [0.05, 0.1) is 0 Å². The quantitative estimate of drug-likeness (QED) is 0.813. The topological polar surface area (TPSA) is 41.4 Å². The lowest BCUT2D eigenvalue weighted by molar-refractivity contribution is -0.136. The van der Waals surface area contributed by atoms with E-state index < -0.39 is 0 Å². The fraction of sp³-hybridized carbons (Fsp3) is 0.400. The zero-order chi connectivity index (χ0) is 17.5. The molecule has 1 aromatic carbocycles. The highest BCUT2D eigenvalue weighted by Crippen LogP contribution is 2.15. The van der Waals surface area contributed by atoms with Crippen molar-refractivity contribution in [3.05, 3.63) is 60.4 Å². The molecule has 0 aliphatic carbocycles. The van der Waals surface area contributed by atoms with Crippen molar-refractivity contribution in [2.75, 3.05) is 32.7 Å². The summed E-state index contributed by atoms with van der Waals surface area (Å²) in [4.78, 5) is 17.1. The monoisotopic (exact) mass is 338 g/mol. The Morgan fingerprint density at radius 3 is 2.56 bits per heavy atom. The summed E-state index contributed by atoms with van der Waals surface area (Å²) in [5.74, 6) is 0.186. The molecule has 1 aliphatic rings. The smallest absolute Gasteiger partial charge is 0.247 e. The van der Waals surface area contributed by atoms with E-state index in [1.54, 1.807) is 10.9 Å². The molecule has 3 rings (SSSR count). The Morgan fingerprint density at radius 2 is 1.92 bits per heavy atom. The Balaban J connectivity index is 1.48. The highest BCUT2D eigenvalue weighted by atomic mass is 16.2. The van der Waals surface area contributed by atoms with Crippen LogP contribution in [0, 0.1) is 0 Å². The number of carbonyl (C=O) groups excluding carboxylic acids is 1. The first-order chi connectivity index (χ1) is 12.3.